The van der Waals surface area contributed by atoms with Crippen LogP contribution in [0.5, 0.6) is 11.8 Å². The van der Waals surface area contributed by atoms with Crippen LogP contribution >= 0.6 is 0 Å². The van der Waals surface area contributed by atoms with Gasteiger partial charge in [-0.1, -0.05) is 24.3 Å². The first-order valence-electron chi connectivity index (χ1n) is 14.1. The highest BCUT2D eigenvalue weighted by Crippen LogP contribution is 2.41. The molecule has 8 heteroatoms. The third-order valence-corrected chi connectivity index (χ3v) is 9.25. The van der Waals surface area contributed by atoms with E-state index in [0.29, 0.717) is 37.0 Å². The summed E-state index contributed by atoms with van der Waals surface area (Å²) in [6.07, 6.45) is 4.97. The highest BCUT2D eigenvalue weighted by molar-refractivity contribution is 5.95. The SMILES string of the molecule is CN1CCC[C@H]1COc1nc2c(c(N3C[C@H]4C[C@@H](C3)[C@@H](O)C4)n1)CCN(c1cc(O)cc3ccccc13)C2. The normalized spacial score (nSPS) is 27.2. The number of anilines is 2. The van der Waals surface area contributed by atoms with E-state index in [1.807, 2.05) is 30.3 Å². The molecular weight excluding hydrogens is 478 g/mol. The first kappa shape index (κ1) is 24.0. The van der Waals surface area contributed by atoms with Gasteiger partial charge in [0, 0.05) is 54.3 Å². The van der Waals surface area contributed by atoms with Gasteiger partial charge in [0.1, 0.15) is 18.2 Å². The summed E-state index contributed by atoms with van der Waals surface area (Å²) in [5.74, 6) is 2.10. The first-order chi connectivity index (χ1) is 18.5. The Kier molecular flexibility index (Phi) is 6.04. The van der Waals surface area contributed by atoms with Crippen molar-refractivity contribution in [2.45, 2.75) is 50.8 Å². The van der Waals surface area contributed by atoms with Crippen LogP contribution in [0.15, 0.2) is 36.4 Å². The number of piperidine rings is 1. The van der Waals surface area contributed by atoms with E-state index in [1.54, 1.807) is 0 Å². The molecule has 0 unspecified atom stereocenters. The van der Waals surface area contributed by atoms with Gasteiger partial charge in [-0.05, 0) is 63.1 Å². The van der Waals surface area contributed by atoms with E-state index in [1.165, 1.54) is 12.0 Å². The second-order valence-corrected chi connectivity index (χ2v) is 11.8. The van der Waals surface area contributed by atoms with Gasteiger partial charge in [0.2, 0.25) is 0 Å². The number of ether oxygens (including phenoxy) is 1. The van der Waals surface area contributed by atoms with Crippen molar-refractivity contribution in [3.63, 3.8) is 0 Å². The molecule has 2 saturated heterocycles. The monoisotopic (exact) mass is 515 g/mol. The standard InChI is InChI=1S/C30H37N5O3/c1-33-9-4-6-22(33)18-38-30-31-26-17-34(27-14-23(36)13-20-5-2-3-7-24(20)27)10-8-25(26)29(32-30)35-15-19-11-21(16-35)28(37)12-19/h2-3,5,7,13-14,19,21-22,28,36-37H,4,6,8-12,15-18H2,1H3/t19-,21-,22-,28-/m0/s1. The number of aliphatic hydroxyl groups excluding tert-OH is 1. The molecule has 0 radical (unpaired) electrons. The maximum atomic E-state index is 10.5. The number of hydrogen-bond donors (Lipinski definition) is 2. The van der Waals surface area contributed by atoms with Crippen molar-refractivity contribution in [1.82, 2.24) is 14.9 Å². The van der Waals surface area contributed by atoms with Gasteiger partial charge in [0.05, 0.1) is 18.3 Å². The predicted molar refractivity (Wildman–Crippen MR) is 148 cm³/mol. The zero-order valence-corrected chi connectivity index (χ0v) is 22.1. The molecule has 1 saturated carbocycles. The third kappa shape index (κ3) is 4.33. The molecular formula is C30H37N5O3. The summed E-state index contributed by atoms with van der Waals surface area (Å²) in [6, 6.07) is 12.8. The first-order valence-corrected chi connectivity index (χ1v) is 14.1. The molecule has 2 aromatic carbocycles. The molecule has 8 nitrogen and oxygen atoms in total. The molecule has 3 aromatic rings. The van der Waals surface area contributed by atoms with Crippen molar-refractivity contribution in [3.05, 3.63) is 47.7 Å². The third-order valence-electron chi connectivity index (χ3n) is 9.25. The van der Waals surface area contributed by atoms with Crippen molar-refractivity contribution in [2.75, 3.05) is 49.6 Å². The summed E-state index contributed by atoms with van der Waals surface area (Å²) in [5, 5.41) is 23.2. The van der Waals surface area contributed by atoms with Crippen molar-refractivity contribution in [2.24, 2.45) is 11.8 Å². The summed E-state index contributed by atoms with van der Waals surface area (Å²) in [5.41, 5.74) is 3.23. The van der Waals surface area contributed by atoms with E-state index in [9.17, 15) is 10.2 Å². The van der Waals surface area contributed by atoms with E-state index in [4.69, 9.17) is 14.7 Å². The van der Waals surface area contributed by atoms with Crippen LogP contribution in [-0.4, -0.2) is 77.1 Å². The number of nitrogens with zero attached hydrogens (tertiary/aromatic N) is 5. The van der Waals surface area contributed by atoms with Crippen LogP contribution in [0, 0.1) is 11.8 Å². The fraction of sp³-hybridized carbons (Fsp3) is 0.533. The fourth-order valence-corrected chi connectivity index (χ4v) is 7.22. The van der Waals surface area contributed by atoms with Crippen molar-refractivity contribution >= 4 is 22.3 Å². The predicted octanol–water partition coefficient (Wildman–Crippen LogP) is 3.58. The molecule has 0 amide bonds. The number of phenolic OH excluding ortho intramolecular Hbond substituents is 1. The minimum absolute atomic E-state index is 0.203. The topological polar surface area (TPSA) is 85.2 Å². The van der Waals surface area contributed by atoms with Gasteiger partial charge in [-0.25, -0.2) is 0 Å². The lowest BCUT2D eigenvalue weighted by atomic mass is 9.96. The van der Waals surface area contributed by atoms with Gasteiger partial charge < -0.3 is 29.6 Å². The van der Waals surface area contributed by atoms with E-state index in [0.717, 1.165) is 79.8 Å². The number of likely N-dealkylation sites (N-methyl/N-ethyl adjacent to an activating group) is 1. The molecule has 7 rings (SSSR count). The molecule has 38 heavy (non-hydrogen) atoms. The molecule has 200 valence electrons. The number of fused-ring (bicyclic) bond motifs is 4. The van der Waals surface area contributed by atoms with Crippen LogP contribution in [0.4, 0.5) is 11.5 Å². The van der Waals surface area contributed by atoms with Crippen LogP contribution in [0.3, 0.4) is 0 Å². The number of hydrogen-bond acceptors (Lipinski definition) is 8. The second kappa shape index (κ2) is 9.58. The highest BCUT2D eigenvalue weighted by Gasteiger charge is 2.41. The molecule has 1 aromatic heterocycles. The number of aliphatic hydroxyl groups is 1. The zero-order valence-electron chi connectivity index (χ0n) is 22.1. The Bertz CT molecular complexity index is 1350. The van der Waals surface area contributed by atoms with Gasteiger partial charge in [-0.2, -0.15) is 9.97 Å². The van der Waals surface area contributed by atoms with E-state index < -0.39 is 0 Å². The van der Waals surface area contributed by atoms with Gasteiger partial charge in [0.25, 0.3) is 0 Å². The van der Waals surface area contributed by atoms with Crippen LogP contribution in [0.2, 0.25) is 0 Å². The van der Waals surface area contributed by atoms with Crippen LogP contribution in [0.1, 0.15) is 36.9 Å². The summed E-state index contributed by atoms with van der Waals surface area (Å²) in [6.45, 7) is 4.94. The summed E-state index contributed by atoms with van der Waals surface area (Å²) in [7, 11) is 2.16. The Morgan fingerprint density at radius 2 is 1.95 bits per heavy atom. The van der Waals surface area contributed by atoms with Gasteiger partial charge in [-0.3, -0.25) is 0 Å². The molecule has 2 N–H and O–H groups in total. The minimum atomic E-state index is -0.203. The molecule has 3 fully saturated rings. The van der Waals surface area contributed by atoms with E-state index in [-0.39, 0.29) is 11.9 Å². The Balaban J connectivity index is 1.23. The number of likely N-dealkylation sites (tertiary alicyclic amines) is 1. The quantitative estimate of drug-likeness (QED) is 0.534. The Labute approximate surface area is 223 Å². The lowest BCUT2D eigenvalue weighted by Crippen LogP contribution is -2.40. The van der Waals surface area contributed by atoms with Crippen molar-refractivity contribution in [3.8, 4) is 11.8 Å². The van der Waals surface area contributed by atoms with Gasteiger partial charge in [-0.15, -0.1) is 0 Å². The molecule has 4 heterocycles. The molecule has 4 aliphatic rings. The molecule has 3 aliphatic heterocycles. The van der Waals surface area contributed by atoms with E-state index in [2.05, 4.69) is 27.8 Å². The lowest BCUT2D eigenvalue weighted by molar-refractivity contribution is 0.137. The fourth-order valence-electron chi connectivity index (χ4n) is 7.22. The Hall–Kier alpha value is -3.10. The maximum Gasteiger partial charge on any atom is 0.318 e. The summed E-state index contributed by atoms with van der Waals surface area (Å²) < 4.78 is 6.28. The smallest absolute Gasteiger partial charge is 0.318 e. The van der Waals surface area contributed by atoms with Crippen molar-refractivity contribution in [1.29, 1.82) is 0 Å². The van der Waals surface area contributed by atoms with Crippen LogP contribution in [0.25, 0.3) is 10.8 Å². The number of rotatable bonds is 5. The molecule has 2 bridgehead atoms. The molecule has 4 atom stereocenters. The number of benzene rings is 2. The minimum Gasteiger partial charge on any atom is -0.508 e. The summed E-state index contributed by atoms with van der Waals surface area (Å²) >= 11 is 0. The largest absolute Gasteiger partial charge is 0.508 e. The maximum absolute atomic E-state index is 10.5. The Morgan fingerprint density at radius 1 is 1.05 bits per heavy atom. The zero-order chi connectivity index (χ0) is 25.8. The number of phenols is 1. The second-order valence-electron chi connectivity index (χ2n) is 11.8. The molecule has 0 spiro atoms. The van der Waals surface area contributed by atoms with Gasteiger partial charge in [0.15, 0.2) is 0 Å². The summed E-state index contributed by atoms with van der Waals surface area (Å²) in [4.78, 5) is 17.1. The molecule has 1 aliphatic carbocycles. The van der Waals surface area contributed by atoms with Crippen molar-refractivity contribution < 1.29 is 14.9 Å². The van der Waals surface area contributed by atoms with Crippen LogP contribution in [-0.2, 0) is 13.0 Å². The lowest BCUT2D eigenvalue weighted by Gasteiger charge is -2.37. The average Bonchev–Trinajstić information content (AvgIpc) is 3.45. The van der Waals surface area contributed by atoms with Crippen LogP contribution < -0.4 is 14.5 Å². The van der Waals surface area contributed by atoms with Gasteiger partial charge >= 0.3 is 6.01 Å². The Morgan fingerprint density at radius 3 is 2.79 bits per heavy atom. The number of aromatic hydroxyl groups is 1. The number of aromatic nitrogens is 2. The average molecular weight is 516 g/mol. The highest BCUT2D eigenvalue weighted by atomic mass is 16.5. The van der Waals surface area contributed by atoms with E-state index >= 15 is 0 Å².